The van der Waals surface area contributed by atoms with Crippen LogP contribution >= 0.6 is 0 Å². The smallest absolute Gasteiger partial charge is 0.229 e. The third kappa shape index (κ3) is 2.19. The van der Waals surface area contributed by atoms with Gasteiger partial charge in [-0.1, -0.05) is 0 Å². The van der Waals surface area contributed by atoms with Crippen molar-refractivity contribution in [3.05, 3.63) is 12.3 Å². The average molecular weight is 277 g/mol. The van der Waals surface area contributed by atoms with Crippen LogP contribution in [0, 0.1) is 0 Å². The number of amidine groups is 1. The van der Waals surface area contributed by atoms with E-state index in [1.807, 2.05) is 0 Å². The van der Waals surface area contributed by atoms with Crippen LogP contribution in [0.2, 0.25) is 0 Å². The summed E-state index contributed by atoms with van der Waals surface area (Å²) >= 11 is 0. The number of ether oxygens (including phenoxy) is 2. The van der Waals surface area contributed by atoms with E-state index in [1.165, 1.54) is 19.4 Å². The molecular weight excluding hydrogens is 261 g/mol. The third-order valence-electron chi connectivity index (χ3n) is 3.15. The highest BCUT2D eigenvalue weighted by Gasteiger charge is 2.58. The van der Waals surface area contributed by atoms with Gasteiger partial charge < -0.3 is 35.4 Å². The second kappa shape index (κ2) is 5.02. The lowest BCUT2D eigenvalue weighted by molar-refractivity contribution is -0.278. The molecule has 2 heterocycles. The standard InChI is InChI=1S/C10H16FN3O5/c1-18-10(4-15)7(16)6(11)8(19-10)14-3-2-5(12)13-9(14)17/h2-3,6-9,15-17H,4H2,1H3,(H2,12,13). The SMILES string of the molecule is COC1(CO)OC(N2C=CC(N)=NC2O)C(F)C1O. The summed E-state index contributed by atoms with van der Waals surface area (Å²) in [6.45, 7) is -0.735. The van der Waals surface area contributed by atoms with Gasteiger partial charge >= 0.3 is 0 Å². The number of hydrogen-bond acceptors (Lipinski definition) is 8. The molecule has 1 saturated heterocycles. The van der Waals surface area contributed by atoms with Gasteiger partial charge in [-0.15, -0.1) is 0 Å². The molecule has 0 aromatic heterocycles. The van der Waals surface area contributed by atoms with Gasteiger partial charge in [0.25, 0.3) is 0 Å². The summed E-state index contributed by atoms with van der Waals surface area (Å²) in [5, 5.41) is 28.7. The summed E-state index contributed by atoms with van der Waals surface area (Å²) in [7, 11) is 1.17. The Kier molecular flexibility index (Phi) is 3.74. The fourth-order valence-corrected chi connectivity index (χ4v) is 2.03. The Bertz CT molecular complexity index is 401. The second-order valence-electron chi connectivity index (χ2n) is 4.24. The quantitative estimate of drug-likeness (QED) is 0.463. The summed E-state index contributed by atoms with van der Waals surface area (Å²) in [6.07, 6.45) is -3.75. The van der Waals surface area contributed by atoms with Crippen molar-refractivity contribution in [2.24, 2.45) is 10.7 Å². The third-order valence-corrected chi connectivity index (χ3v) is 3.15. The van der Waals surface area contributed by atoms with Gasteiger partial charge in [-0.25, -0.2) is 9.38 Å². The molecule has 0 spiro atoms. The van der Waals surface area contributed by atoms with Crippen molar-refractivity contribution in [2.75, 3.05) is 13.7 Å². The van der Waals surface area contributed by atoms with Crippen LogP contribution in [0.3, 0.4) is 0 Å². The topological polar surface area (TPSA) is 121 Å². The van der Waals surface area contributed by atoms with Crippen LogP contribution in [-0.4, -0.2) is 70.4 Å². The maximum Gasteiger partial charge on any atom is 0.229 e. The molecule has 0 radical (unpaired) electrons. The van der Waals surface area contributed by atoms with E-state index < -0.39 is 37.2 Å². The van der Waals surface area contributed by atoms with E-state index in [-0.39, 0.29) is 5.84 Å². The minimum Gasteiger partial charge on any atom is -0.391 e. The highest BCUT2D eigenvalue weighted by atomic mass is 19.1. The molecule has 0 aromatic carbocycles. The largest absolute Gasteiger partial charge is 0.391 e. The fraction of sp³-hybridized carbons (Fsp3) is 0.700. The van der Waals surface area contributed by atoms with E-state index in [4.69, 9.17) is 15.2 Å². The molecule has 2 aliphatic heterocycles. The molecule has 19 heavy (non-hydrogen) atoms. The molecule has 9 heteroatoms. The normalized spacial score (nSPS) is 42.6. The fourth-order valence-electron chi connectivity index (χ4n) is 2.03. The molecule has 5 N–H and O–H groups in total. The van der Waals surface area contributed by atoms with Crippen molar-refractivity contribution in [3.8, 4) is 0 Å². The molecule has 0 amide bonds. The maximum atomic E-state index is 14.1. The maximum absolute atomic E-state index is 14.1. The summed E-state index contributed by atoms with van der Waals surface area (Å²) in [5.41, 5.74) is 5.38. The summed E-state index contributed by atoms with van der Waals surface area (Å²) < 4.78 is 24.2. The molecule has 2 rings (SSSR count). The number of halogens is 1. The van der Waals surface area contributed by atoms with Gasteiger partial charge in [0.05, 0.1) is 0 Å². The Labute approximate surface area is 108 Å². The molecule has 0 aromatic rings. The van der Waals surface area contributed by atoms with Crippen LogP contribution in [0.15, 0.2) is 17.3 Å². The number of hydrogen-bond donors (Lipinski definition) is 4. The number of aliphatic hydroxyl groups is 3. The van der Waals surface area contributed by atoms with Crippen LogP contribution in [-0.2, 0) is 9.47 Å². The lowest BCUT2D eigenvalue weighted by atomic mass is 10.1. The highest BCUT2D eigenvalue weighted by molar-refractivity contribution is 5.91. The Morgan fingerprint density at radius 2 is 2.32 bits per heavy atom. The number of nitrogens with zero attached hydrogens (tertiary/aromatic N) is 2. The monoisotopic (exact) mass is 277 g/mol. The molecule has 5 unspecified atom stereocenters. The highest BCUT2D eigenvalue weighted by Crippen LogP contribution is 2.36. The number of rotatable bonds is 3. The molecule has 8 nitrogen and oxygen atoms in total. The average Bonchev–Trinajstić information content (AvgIpc) is 2.64. The van der Waals surface area contributed by atoms with E-state index in [9.17, 15) is 19.7 Å². The first-order valence-corrected chi connectivity index (χ1v) is 5.58. The van der Waals surface area contributed by atoms with Gasteiger partial charge in [-0.3, -0.25) is 0 Å². The molecule has 0 saturated carbocycles. The summed E-state index contributed by atoms with van der Waals surface area (Å²) in [4.78, 5) is 4.65. The lowest BCUT2D eigenvalue weighted by Gasteiger charge is -2.33. The van der Waals surface area contributed by atoms with E-state index in [2.05, 4.69) is 4.99 Å². The van der Waals surface area contributed by atoms with Crippen LogP contribution in [0.4, 0.5) is 4.39 Å². The molecule has 1 fully saturated rings. The molecule has 5 atom stereocenters. The number of methoxy groups -OCH3 is 1. The van der Waals surface area contributed by atoms with Crippen LogP contribution in [0.5, 0.6) is 0 Å². The predicted octanol–water partition coefficient (Wildman–Crippen LogP) is -2.16. The zero-order chi connectivity index (χ0) is 14.2. The van der Waals surface area contributed by atoms with Crippen molar-refractivity contribution in [1.29, 1.82) is 0 Å². The minimum atomic E-state index is -1.90. The van der Waals surface area contributed by atoms with Gasteiger partial charge in [-0.05, 0) is 6.08 Å². The number of aliphatic imine (C=N–C) groups is 1. The number of alkyl halides is 1. The first-order valence-electron chi connectivity index (χ1n) is 5.58. The number of nitrogens with two attached hydrogens (primary N) is 1. The first-order chi connectivity index (χ1) is 8.95. The van der Waals surface area contributed by atoms with Crippen molar-refractivity contribution in [1.82, 2.24) is 4.90 Å². The van der Waals surface area contributed by atoms with E-state index in [0.29, 0.717) is 0 Å². The lowest BCUT2D eigenvalue weighted by Crippen LogP contribution is -2.47. The van der Waals surface area contributed by atoms with Crippen molar-refractivity contribution >= 4 is 5.84 Å². The molecule has 0 bridgehead atoms. The molecule has 0 aliphatic carbocycles. The van der Waals surface area contributed by atoms with Gasteiger partial charge in [0.1, 0.15) is 18.5 Å². The summed E-state index contributed by atoms with van der Waals surface area (Å²) in [5.74, 6) is -1.79. The van der Waals surface area contributed by atoms with Crippen LogP contribution < -0.4 is 5.73 Å². The summed E-state index contributed by atoms with van der Waals surface area (Å²) in [6, 6.07) is 0. The predicted molar refractivity (Wildman–Crippen MR) is 61.2 cm³/mol. The number of aliphatic hydroxyl groups excluding tert-OH is 3. The molecule has 108 valence electrons. The van der Waals surface area contributed by atoms with E-state index in [1.54, 1.807) is 0 Å². The van der Waals surface area contributed by atoms with Crippen molar-refractivity contribution in [2.45, 2.75) is 30.6 Å². The van der Waals surface area contributed by atoms with Crippen molar-refractivity contribution < 1.29 is 29.2 Å². The van der Waals surface area contributed by atoms with Crippen molar-refractivity contribution in [3.63, 3.8) is 0 Å². The Morgan fingerprint density at radius 1 is 1.63 bits per heavy atom. The zero-order valence-electron chi connectivity index (χ0n) is 10.2. The second-order valence-corrected chi connectivity index (χ2v) is 4.24. The van der Waals surface area contributed by atoms with E-state index in [0.717, 1.165) is 4.90 Å². The Hall–Kier alpha value is -1.26. The zero-order valence-corrected chi connectivity index (χ0v) is 10.2. The first kappa shape index (κ1) is 14.2. The van der Waals surface area contributed by atoms with Gasteiger partial charge in [0.15, 0.2) is 12.4 Å². The molecule has 2 aliphatic rings. The molecular formula is C10H16FN3O5. The Morgan fingerprint density at radius 3 is 2.79 bits per heavy atom. The van der Waals surface area contributed by atoms with Crippen LogP contribution in [0.25, 0.3) is 0 Å². The van der Waals surface area contributed by atoms with Gasteiger partial charge in [0.2, 0.25) is 12.1 Å². The van der Waals surface area contributed by atoms with Gasteiger partial charge in [-0.2, -0.15) is 0 Å². The van der Waals surface area contributed by atoms with Crippen LogP contribution in [0.1, 0.15) is 0 Å². The van der Waals surface area contributed by atoms with Gasteiger partial charge in [0, 0.05) is 13.3 Å². The minimum absolute atomic E-state index is 0.0814. The van der Waals surface area contributed by atoms with E-state index >= 15 is 0 Å². The Balaban J connectivity index is 2.21.